The zero-order valence-corrected chi connectivity index (χ0v) is 41.7. The van der Waals surface area contributed by atoms with Crippen molar-refractivity contribution < 1.29 is 0 Å². The lowest BCUT2D eigenvalue weighted by molar-refractivity contribution is 0.752. The van der Waals surface area contributed by atoms with Crippen LogP contribution in [0.15, 0.2) is 255 Å². The first-order valence-corrected chi connectivity index (χ1v) is 26.5. The van der Waals surface area contributed by atoms with E-state index in [-0.39, 0.29) is 0 Å². The van der Waals surface area contributed by atoms with Crippen molar-refractivity contribution in [2.24, 2.45) is 0 Å². The smallest absolute Gasteiger partial charge is 0.0714 e. The van der Waals surface area contributed by atoms with Crippen LogP contribution in [0.2, 0.25) is 0 Å². The van der Waals surface area contributed by atoms with Gasteiger partial charge < -0.3 is 9.47 Å². The molecule has 1 aromatic heterocycles. The molecule has 3 aliphatic carbocycles. The molecule has 0 fully saturated rings. The highest BCUT2D eigenvalue weighted by Gasteiger charge is 2.47. The standard InChI is InChI=1S/C73H52N2/c1-2-48-17-33-63(34-18-48)75-71-41-30-57(45-67(71)68-46-58(31-42-72(68)75)55-23-20-51-19-22-54(51)43-55)53-28-37-62(38-29-53)74(61-35-26-50(27-36-61)49-11-5-3-6-12-49)64-39-40-66-65-15-9-10-16-69(65)73(70(66)47-64,59-13-7-4-8-14-59)60-32-25-52-21-24-56(52)44-60/h2-18,20,23,25-47H,1,19,21-22,24H2. The Morgan fingerprint density at radius 2 is 0.867 bits per heavy atom. The Kier molecular flexibility index (Phi) is 9.94. The molecule has 11 aromatic carbocycles. The van der Waals surface area contributed by atoms with E-state index in [1.54, 1.807) is 0 Å². The third kappa shape index (κ3) is 6.86. The molecule has 1 atom stereocenters. The highest BCUT2D eigenvalue weighted by atomic mass is 15.1. The van der Waals surface area contributed by atoms with Crippen molar-refractivity contribution in [1.29, 1.82) is 0 Å². The molecule has 2 heteroatoms. The Hall–Kier alpha value is -9.24. The molecule has 354 valence electrons. The minimum Gasteiger partial charge on any atom is -0.310 e. The quantitative estimate of drug-likeness (QED) is 0.133. The van der Waals surface area contributed by atoms with Crippen LogP contribution < -0.4 is 4.90 Å². The molecule has 0 amide bonds. The molecule has 12 aromatic rings. The minimum atomic E-state index is -0.500. The summed E-state index contributed by atoms with van der Waals surface area (Å²) in [6.07, 6.45) is 6.54. The number of fused-ring (bicyclic) bond motifs is 8. The molecule has 0 bridgehead atoms. The Bertz CT molecular complexity index is 4220. The third-order valence-corrected chi connectivity index (χ3v) is 16.8. The van der Waals surface area contributed by atoms with E-state index in [9.17, 15) is 0 Å². The van der Waals surface area contributed by atoms with Crippen LogP contribution in [0.25, 0.3) is 78.1 Å². The van der Waals surface area contributed by atoms with Crippen LogP contribution in [-0.4, -0.2) is 4.57 Å². The first-order valence-electron chi connectivity index (χ1n) is 26.5. The van der Waals surface area contributed by atoms with Gasteiger partial charge in [0.1, 0.15) is 0 Å². The topological polar surface area (TPSA) is 8.17 Å². The summed E-state index contributed by atoms with van der Waals surface area (Å²) in [7, 11) is 0. The van der Waals surface area contributed by atoms with Gasteiger partial charge in [0.2, 0.25) is 0 Å². The number of hydrogen-bond donors (Lipinski definition) is 0. The maximum atomic E-state index is 4.02. The second-order valence-electron chi connectivity index (χ2n) is 20.7. The summed E-state index contributed by atoms with van der Waals surface area (Å²) in [6.45, 7) is 4.02. The number of aromatic nitrogens is 1. The second kappa shape index (κ2) is 17.2. The summed E-state index contributed by atoms with van der Waals surface area (Å²) in [6, 6.07) is 93.6. The summed E-state index contributed by atoms with van der Waals surface area (Å²) in [5.74, 6) is 0. The minimum absolute atomic E-state index is 0.500. The van der Waals surface area contributed by atoms with Gasteiger partial charge in [0, 0.05) is 33.5 Å². The SMILES string of the molecule is C=Cc1ccc(-n2c3ccc(-c4ccc(N(c5ccc(-c6ccccc6)cc5)c5ccc6c(c5)C(c5ccccc5)(c5ccc7c(c5)CC7)c5ccccc5-6)cc4)cc3c3cc(-c4ccc5c(c4)CC5)ccc32)cc1. The fraction of sp³-hybridized carbons (Fsp3) is 0.0685. The highest BCUT2D eigenvalue weighted by molar-refractivity contribution is 6.11. The molecule has 0 aliphatic heterocycles. The number of hydrogen-bond acceptors (Lipinski definition) is 1. The van der Waals surface area contributed by atoms with Gasteiger partial charge in [0.15, 0.2) is 0 Å². The Morgan fingerprint density at radius 3 is 1.49 bits per heavy atom. The molecule has 1 heterocycles. The molecule has 2 nitrogen and oxygen atoms in total. The van der Waals surface area contributed by atoms with E-state index in [4.69, 9.17) is 0 Å². The molecular formula is C73H52N2. The zero-order valence-electron chi connectivity index (χ0n) is 41.7. The monoisotopic (exact) mass is 956 g/mol. The molecule has 15 rings (SSSR count). The lowest BCUT2D eigenvalue weighted by Crippen LogP contribution is -2.29. The van der Waals surface area contributed by atoms with Gasteiger partial charge in [0.25, 0.3) is 0 Å². The maximum absolute atomic E-state index is 4.02. The highest BCUT2D eigenvalue weighted by Crippen LogP contribution is 2.58. The number of anilines is 3. The molecule has 0 N–H and O–H groups in total. The molecule has 75 heavy (non-hydrogen) atoms. The molecule has 0 saturated carbocycles. The van der Waals surface area contributed by atoms with Gasteiger partial charge in [-0.05, 0) is 193 Å². The Balaban J connectivity index is 0.878. The van der Waals surface area contributed by atoms with Gasteiger partial charge in [0.05, 0.1) is 16.4 Å². The van der Waals surface area contributed by atoms with Crippen molar-refractivity contribution in [3.63, 3.8) is 0 Å². The largest absolute Gasteiger partial charge is 0.310 e. The van der Waals surface area contributed by atoms with Gasteiger partial charge in [-0.25, -0.2) is 0 Å². The van der Waals surface area contributed by atoms with Crippen LogP contribution in [-0.2, 0) is 31.1 Å². The van der Waals surface area contributed by atoms with Crippen molar-refractivity contribution in [2.75, 3.05) is 4.90 Å². The molecular weight excluding hydrogens is 905 g/mol. The molecule has 1 unspecified atom stereocenters. The van der Waals surface area contributed by atoms with Gasteiger partial charge >= 0.3 is 0 Å². The predicted octanol–water partition coefficient (Wildman–Crippen LogP) is 18.5. The van der Waals surface area contributed by atoms with E-state index in [0.717, 1.165) is 41.2 Å². The second-order valence-corrected chi connectivity index (χ2v) is 20.7. The van der Waals surface area contributed by atoms with E-state index in [0.29, 0.717) is 0 Å². The van der Waals surface area contributed by atoms with Crippen molar-refractivity contribution in [3.05, 3.63) is 305 Å². The summed E-state index contributed by atoms with van der Waals surface area (Å²) in [4.78, 5) is 2.45. The van der Waals surface area contributed by atoms with Crippen LogP contribution >= 0.6 is 0 Å². The van der Waals surface area contributed by atoms with Crippen molar-refractivity contribution in [2.45, 2.75) is 31.1 Å². The average Bonchev–Trinajstić information content (AvgIpc) is 4.03. The summed E-state index contributed by atoms with van der Waals surface area (Å²) < 4.78 is 2.41. The Labute approximate surface area is 438 Å². The molecule has 0 saturated heterocycles. The van der Waals surface area contributed by atoms with Crippen LogP contribution in [0.3, 0.4) is 0 Å². The van der Waals surface area contributed by atoms with E-state index in [2.05, 4.69) is 265 Å². The van der Waals surface area contributed by atoms with Crippen LogP contribution in [0.4, 0.5) is 17.1 Å². The lowest BCUT2D eigenvalue weighted by atomic mass is 9.66. The van der Waals surface area contributed by atoms with E-state index in [1.165, 1.54) is 124 Å². The fourth-order valence-electron chi connectivity index (χ4n) is 12.8. The van der Waals surface area contributed by atoms with Crippen LogP contribution in [0.5, 0.6) is 0 Å². The lowest BCUT2D eigenvalue weighted by Gasteiger charge is -2.36. The molecule has 0 spiro atoms. The van der Waals surface area contributed by atoms with Crippen LogP contribution in [0.1, 0.15) is 50.1 Å². The average molecular weight is 957 g/mol. The molecule has 0 radical (unpaired) electrons. The maximum Gasteiger partial charge on any atom is 0.0714 e. The fourth-order valence-corrected chi connectivity index (χ4v) is 12.8. The first kappa shape index (κ1) is 43.4. The van der Waals surface area contributed by atoms with Crippen molar-refractivity contribution in [1.82, 2.24) is 4.57 Å². The van der Waals surface area contributed by atoms with Crippen LogP contribution in [0, 0.1) is 0 Å². The Morgan fingerprint density at radius 1 is 0.360 bits per heavy atom. The normalized spacial score (nSPS) is 14.8. The number of rotatable bonds is 10. The van der Waals surface area contributed by atoms with Gasteiger partial charge in [-0.3, -0.25) is 0 Å². The zero-order chi connectivity index (χ0) is 49.6. The first-order chi connectivity index (χ1) is 37.1. The van der Waals surface area contributed by atoms with E-state index >= 15 is 0 Å². The number of nitrogens with zero attached hydrogens (tertiary/aromatic N) is 2. The number of benzene rings is 11. The van der Waals surface area contributed by atoms with Gasteiger partial charge in [-0.15, -0.1) is 0 Å². The molecule has 3 aliphatic rings. The predicted molar refractivity (Wildman–Crippen MR) is 314 cm³/mol. The number of aryl methyl sites for hydroxylation is 4. The van der Waals surface area contributed by atoms with E-state index in [1.807, 2.05) is 6.08 Å². The summed E-state index contributed by atoms with van der Waals surface area (Å²) >= 11 is 0. The van der Waals surface area contributed by atoms with Crippen molar-refractivity contribution >= 4 is 44.9 Å². The van der Waals surface area contributed by atoms with E-state index < -0.39 is 5.41 Å². The summed E-state index contributed by atoms with van der Waals surface area (Å²) in [5, 5.41) is 2.48. The van der Waals surface area contributed by atoms with Crippen molar-refractivity contribution in [3.8, 4) is 50.2 Å². The van der Waals surface area contributed by atoms with Gasteiger partial charge in [-0.1, -0.05) is 189 Å². The third-order valence-electron chi connectivity index (χ3n) is 16.8. The summed E-state index contributed by atoms with van der Waals surface area (Å²) in [5.41, 5.74) is 28.4. The van der Waals surface area contributed by atoms with Gasteiger partial charge in [-0.2, -0.15) is 0 Å².